The van der Waals surface area contributed by atoms with E-state index in [-0.39, 0.29) is 5.82 Å². The first-order valence-electron chi connectivity index (χ1n) is 12.5. The Morgan fingerprint density at radius 1 is 1.06 bits per heavy atom. The zero-order chi connectivity index (χ0) is 22.1. The van der Waals surface area contributed by atoms with Gasteiger partial charge in [-0.15, -0.1) is 0 Å². The van der Waals surface area contributed by atoms with Gasteiger partial charge in [0.2, 0.25) is 0 Å². The largest absolute Gasteiger partial charge is 0.388 e. The van der Waals surface area contributed by atoms with Crippen molar-refractivity contribution in [1.29, 1.82) is 0 Å². The number of piperidine rings is 1. The monoisotopic (exact) mass is 433 g/mol. The van der Waals surface area contributed by atoms with Crippen molar-refractivity contribution in [2.24, 2.45) is 10.9 Å². The molecule has 2 bridgehead atoms. The Labute approximate surface area is 192 Å². The number of halogens is 1. The molecule has 1 saturated heterocycles. The first kappa shape index (κ1) is 21.6. The number of anilines is 1. The van der Waals surface area contributed by atoms with Crippen LogP contribution in [0.3, 0.4) is 0 Å². The van der Waals surface area contributed by atoms with Crippen LogP contribution < -0.4 is 5.32 Å². The summed E-state index contributed by atoms with van der Waals surface area (Å²) in [5.41, 5.74) is 9.42. The average molecular weight is 434 g/mol. The summed E-state index contributed by atoms with van der Waals surface area (Å²) in [4.78, 5) is 7.42. The van der Waals surface area contributed by atoms with Crippen LogP contribution in [0, 0.1) is 11.7 Å². The number of likely N-dealkylation sites (tertiary alicyclic amines) is 1. The minimum atomic E-state index is -0.148. The standard InChI is InChI=1S/C28H36FN3/c1-19(23-15-21-5-3-4-6-22(16-23)27(21)30-2)9-12-32-13-10-20(11-14-32)28-26-8-7-25(29)17-24(26)18-31-28/h7-8,15-17,19-20,30H,3-6,9-14,18H2,1-2H3. The van der Waals surface area contributed by atoms with E-state index in [1.165, 1.54) is 72.3 Å². The van der Waals surface area contributed by atoms with Crippen molar-refractivity contribution >= 4 is 11.4 Å². The third kappa shape index (κ3) is 4.34. The number of hydrogen-bond acceptors (Lipinski definition) is 3. The van der Waals surface area contributed by atoms with Crippen molar-refractivity contribution in [3.05, 3.63) is 64.0 Å². The molecule has 0 spiro atoms. The lowest BCUT2D eigenvalue weighted by molar-refractivity contribution is 0.204. The van der Waals surface area contributed by atoms with E-state index in [1.54, 1.807) is 12.1 Å². The Balaban J connectivity index is 1.16. The molecule has 2 aliphatic heterocycles. The van der Waals surface area contributed by atoms with Gasteiger partial charge in [0.05, 0.1) is 6.54 Å². The van der Waals surface area contributed by atoms with Crippen molar-refractivity contribution in [2.45, 2.75) is 64.3 Å². The van der Waals surface area contributed by atoms with Crippen LogP contribution in [0.1, 0.15) is 72.8 Å². The molecule has 1 fully saturated rings. The maximum absolute atomic E-state index is 13.5. The molecule has 0 aromatic heterocycles. The maximum atomic E-state index is 13.5. The van der Waals surface area contributed by atoms with Crippen molar-refractivity contribution < 1.29 is 4.39 Å². The summed E-state index contributed by atoms with van der Waals surface area (Å²) in [5.74, 6) is 0.969. The fourth-order valence-electron chi connectivity index (χ4n) is 5.95. The fraction of sp³-hybridized carbons (Fsp3) is 0.536. The highest BCUT2D eigenvalue weighted by molar-refractivity contribution is 6.05. The number of hydrogen-bond donors (Lipinski definition) is 1. The topological polar surface area (TPSA) is 27.6 Å². The minimum absolute atomic E-state index is 0.148. The van der Waals surface area contributed by atoms with Crippen molar-refractivity contribution in [1.82, 2.24) is 4.90 Å². The summed E-state index contributed by atoms with van der Waals surface area (Å²) in [6.45, 7) is 6.50. The molecular weight excluding hydrogens is 397 g/mol. The van der Waals surface area contributed by atoms with Gasteiger partial charge in [0.25, 0.3) is 0 Å². The molecule has 1 aliphatic carbocycles. The van der Waals surface area contributed by atoms with E-state index in [0.717, 1.165) is 31.5 Å². The Kier molecular flexibility index (Phi) is 6.32. The molecule has 2 aromatic carbocycles. The van der Waals surface area contributed by atoms with Crippen LogP contribution in [-0.4, -0.2) is 37.3 Å². The Hall–Kier alpha value is -2.20. The molecule has 1 unspecified atom stereocenters. The lowest BCUT2D eigenvalue weighted by atomic mass is 9.87. The molecule has 3 nitrogen and oxygen atoms in total. The normalized spacial score (nSPS) is 19.9. The zero-order valence-corrected chi connectivity index (χ0v) is 19.6. The van der Waals surface area contributed by atoms with Crippen LogP contribution in [0.15, 0.2) is 35.3 Å². The van der Waals surface area contributed by atoms with Crippen LogP contribution in [-0.2, 0) is 19.4 Å². The van der Waals surface area contributed by atoms with Crippen LogP contribution in [0.4, 0.5) is 10.1 Å². The second-order valence-corrected chi connectivity index (χ2v) is 9.98. The quantitative estimate of drug-likeness (QED) is 0.609. The number of fused-ring (bicyclic) bond motifs is 3. The molecule has 1 atom stereocenters. The average Bonchev–Trinajstić information content (AvgIpc) is 3.18. The van der Waals surface area contributed by atoms with E-state index < -0.39 is 0 Å². The van der Waals surface area contributed by atoms with Gasteiger partial charge in [-0.05, 0) is 111 Å². The molecule has 2 aromatic rings. The van der Waals surface area contributed by atoms with Crippen molar-refractivity contribution in [3.63, 3.8) is 0 Å². The van der Waals surface area contributed by atoms with Gasteiger partial charge in [0.1, 0.15) is 5.82 Å². The van der Waals surface area contributed by atoms with Crippen LogP contribution in [0.5, 0.6) is 0 Å². The zero-order valence-electron chi connectivity index (χ0n) is 19.6. The molecule has 170 valence electrons. The van der Waals surface area contributed by atoms with Crippen LogP contribution in [0.25, 0.3) is 0 Å². The smallest absolute Gasteiger partial charge is 0.123 e. The highest BCUT2D eigenvalue weighted by Crippen LogP contribution is 2.34. The fourth-order valence-corrected chi connectivity index (χ4v) is 5.95. The van der Waals surface area contributed by atoms with E-state index in [2.05, 4.69) is 36.3 Å². The highest BCUT2D eigenvalue weighted by atomic mass is 19.1. The summed E-state index contributed by atoms with van der Waals surface area (Å²) in [6.07, 6.45) is 8.55. The summed E-state index contributed by atoms with van der Waals surface area (Å²) in [5, 5.41) is 3.46. The molecule has 4 heteroatoms. The van der Waals surface area contributed by atoms with Gasteiger partial charge in [-0.2, -0.15) is 0 Å². The first-order chi connectivity index (χ1) is 15.6. The maximum Gasteiger partial charge on any atom is 0.123 e. The first-order valence-corrected chi connectivity index (χ1v) is 12.5. The summed E-state index contributed by atoms with van der Waals surface area (Å²) in [7, 11) is 2.06. The Morgan fingerprint density at radius 3 is 2.47 bits per heavy atom. The lowest BCUT2D eigenvalue weighted by Gasteiger charge is -2.33. The lowest BCUT2D eigenvalue weighted by Crippen LogP contribution is -2.37. The molecule has 2 heterocycles. The molecule has 32 heavy (non-hydrogen) atoms. The number of aryl methyl sites for hydroxylation is 2. The Morgan fingerprint density at radius 2 is 1.78 bits per heavy atom. The number of nitrogens with zero attached hydrogens (tertiary/aromatic N) is 2. The van der Waals surface area contributed by atoms with Gasteiger partial charge in [-0.25, -0.2) is 4.39 Å². The highest BCUT2D eigenvalue weighted by Gasteiger charge is 2.28. The predicted molar refractivity (Wildman–Crippen MR) is 131 cm³/mol. The molecule has 0 saturated carbocycles. The molecule has 5 rings (SSSR count). The SMILES string of the molecule is CNc1c2cc(C(C)CCN3CCC(C4=NCc5cc(F)ccc54)CC3)cc1CCCC2. The summed E-state index contributed by atoms with van der Waals surface area (Å²) >= 11 is 0. The number of aliphatic imine (C=N–C) groups is 1. The van der Waals surface area contributed by atoms with Gasteiger partial charge in [0, 0.05) is 29.9 Å². The molecule has 3 aliphatic rings. The van der Waals surface area contributed by atoms with Gasteiger partial charge in [-0.3, -0.25) is 4.99 Å². The molecule has 0 amide bonds. The van der Waals surface area contributed by atoms with Gasteiger partial charge >= 0.3 is 0 Å². The Bertz CT molecular complexity index is 977. The second kappa shape index (κ2) is 9.35. The van der Waals surface area contributed by atoms with Gasteiger partial charge < -0.3 is 10.2 Å². The van der Waals surface area contributed by atoms with Crippen LogP contribution >= 0.6 is 0 Å². The number of nitrogens with one attached hydrogen (secondary N) is 1. The van der Waals surface area contributed by atoms with Crippen LogP contribution in [0.2, 0.25) is 0 Å². The molecule has 0 radical (unpaired) electrons. The summed E-state index contributed by atoms with van der Waals surface area (Å²) in [6, 6.07) is 10.1. The third-order valence-corrected chi connectivity index (χ3v) is 7.90. The van der Waals surface area contributed by atoms with E-state index in [1.807, 2.05) is 6.07 Å². The minimum Gasteiger partial charge on any atom is -0.388 e. The number of benzene rings is 2. The molecule has 1 N–H and O–H groups in total. The van der Waals surface area contributed by atoms with Crippen molar-refractivity contribution in [2.75, 3.05) is 32.0 Å². The predicted octanol–water partition coefficient (Wildman–Crippen LogP) is 5.95. The van der Waals surface area contributed by atoms with Gasteiger partial charge in [-0.1, -0.05) is 19.1 Å². The van der Waals surface area contributed by atoms with E-state index in [9.17, 15) is 4.39 Å². The van der Waals surface area contributed by atoms with Crippen molar-refractivity contribution in [3.8, 4) is 0 Å². The number of rotatable bonds is 6. The van der Waals surface area contributed by atoms with E-state index >= 15 is 0 Å². The summed E-state index contributed by atoms with van der Waals surface area (Å²) < 4.78 is 13.5. The van der Waals surface area contributed by atoms with Gasteiger partial charge in [0.15, 0.2) is 0 Å². The molecular formula is C28H36FN3. The second-order valence-electron chi connectivity index (χ2n) is 9.98. The van der Waals surface area contributed by atoms with E-state index in [0.29, 0.717) is 18.4 Å². The van der Waals surface area contributed by atoms with E-state index in [4.69, 9.17) is 4.99 Å². The third-order valence-electron chi connectivity index (χ3n) is 7.90.